The Balaban J connectivity index is 1.68. The van der Waals surface area contributed by atoms with E-state index < -0.39 is 28.0 Å². The van der Waals surface area contributed by atoms with Gasteiger partial charge in [-0.1, -0.05) is 39.8 Å². The average molecular weight is 481 g/mol. The Morgan fingerprint density at radius 2 is 1.82 bits per heavy atom. The van der Waals surface area contributed by atoms with Crippen LogP contribution >= 0.6 is 0 Å². The predicted molar refractivity (Wildman–Crippen MR) is 132 cm³/mol. The summed E-state index contributed by atoms with van der Waals surface area (Å²) in [5.74, 6) is -1.60. The largest absolute Gasteiger partial charge is 0.480 e. The number of carboxylic acid groups (broad SMARTS) is 1. The summed E-state index contributed by atoms with van der Waals surface area (Å²) in [5.41, 5.74) is 2.84. The first-order valence-electron chi connectivity index (χ1n) is 11.1. The number of nitrogens with one attached hydrogen (secondary N) is 1. The zero-order valence-electron chi connectivity index (χ0n) is 19.6. The van der Waals surface area contributed by atoms with E-state index in [1.54, 1.807) is 25.4 Å². The number of carbonyl (C=O) groups is 1. The first-order chi connectivity index (χ1) is 15.9. The number of rotatable bonds is 7. The zero-order valence-corrected chi connectivity index (χ0v) is 20.4. The molecule has 8 heteroatoms. The van der Waals surface area contributed by atoms with Crippen LogP contribution in [0.15, 0.2) is 70.2 Å². The van der Waals surface area contributed by atoms with E-state index in [0.717, 1.165) is 21.9 Å². The molecule has 0 aliphatic heterocycles. The van der Waals surface area contributed by atoms with Gasteiger partial charge in [-0.2, -0.15) is 4.72 Å². The number of nitrogens with zero attached hydrogens (tertiary/aromatic N) is 1. The highest BCUT2D eigenvalue weighted by atomic mass is 32.2. The van der Waals surface area contributed by atoms with E-state index in [2.05, 4.69) is 9.71 Å². The summed E-state index contributed by atoms with van der Waals surface area (Å²) in [4.78, 5) is 16.0. The average Bonchev–Trinajstić information content (AvgIpc) is 3.14. The third-order valence-electron chi connectivity index (χ3n) is 5.80. The Hall–Kier alpha value is -3.23. The van der Waals surface area contributed by atoms with Gasteiger partial charge >= 0.3 is 5.97 Å². The van der Waals surface area contributed by atoms with E-state index in [1.807, 2.05) is 51.1 Å². The first kappa shape index (κ1) is 23.9. The van der Waals surface area contributed by atoms with Crippen LogP contribution in [0.25, 0.3) is 33.1 Å². The number of aromatic nitrogens is 1. The molecule has 2 heterocycles. The lowest BCUT2D eigenvalue weighted by Crippen LogP contribution is -2.45. The van der Waals surface area contributed by atoms with Crippen LogP contribution in [0.1, 0.15) is 34.1 Å². The fraction of sp³-hybridized carbons (Fsp3) is 0.308. The molecule has 0 aliphatic rings. The lowest BCUT2D eigenvalue weighted by Gasteiger charge is -2.27. The smallest absolute Gasteiger partial charge is 0.322 e. The van der Waals surface area contributed by atoms with E-state index in [-0.39, 0.29) is 10.3 Å². The molecule has 0 saturated heterocycles. The minimum absolute atomic E-state index is 0.0410. The number of furan rings is 1. The van der Waals surface area contributed by atoms with E-state index in [9.17, 15) is 18.3 Å². The van der Waals surface area contributed by atoms with E-state index in [4.69, 9.17) is 4.42 Å². The number of pyridine rings is 1. The molecule has 4 aromatic rings. The molecule has 2 unspecified atom stereocenters. The van der Waals surface area contributed by atoms with Gasteiger partial charge in [0.05, 0.1) is 4.90 Å². The second-order valence-corrected chi connectivity index (χ2v) is 11.6. The molecular formula is C26H28N2O5S. The van der Waals surface area contributed by atoms with Gasteiger partial charge in [0.1, 0.15) is 17.2 Å². The number of hydrogen-bond donors (Lipinski definition) is 2. The molecule has 7 nitrogen and oxygen atoms in total. The quantitative estimate of drug-likeness (QED) is 0.364. The molecule has 0 saturated carbocycles. The molecule has 2 N–H and O–H groups in total. The Bertz CT molecular complexity index is 1450. The molecule has 0 bridgehead atoms. The Labute approximate surface area is 198 Å². The van der Waals surface area contributed by atoms with Crippen molar-refractivity contribution in [2.75, 3.05) is 0 Å². The van der Waals surface area contributed by atoms with Crippen molar-refractivity contribution in [2.45, 2.75) is 45.1 Å². The highest BCUT2D eigenvalue weighted by Crippen LogP contribution is 2.34. The van der Waals surface area contributed by atoms with Crippen molar-refractivity contribution in [3.05, 3.63) is 60.9 Å². The molecule has 0 aliphatic carbocycles. The van der Waals surface area contributed by atoms with Gasteiger partial charge in [0, 0.05) is 34.8 Å². The van der Waals surface area contributed by atoms with Gasteiger partial charge in [-0.15, -0.1) is 0 Å². The summed E-state index contributed by atoms with van der Waals surface area (Å²) in [6.07, 6.45) is 4.04. The number of sulfonamides is 1. The number of fused-ring (bicyclic) bond motifs is 3. The topological polar surface area (TPSA) is 110 Å². The van der Waals surface area contributed by atoms with E-state index in [1.165, 1.54) is 12.1 Å². The number of carboxylic acids is 1. The molecule has 0 radical (unpaired) electrons. The number of aliphatic carboxylic acids is 1. The van der Waals surface area contributed by atoms with Crippen molar-refractivity contribution in [1.29, 1.82) is 0 Å². The van der Waals surface area contributed by atoms with Crippen molar-refractivity contribution in [3.8, 4) is 11.1 Å². The lowest BCUT2D eigenvalue weighted by molar-refractivity contribution is -0.140. The van der Waals surface area contributed by atoms with E-state index in [0.29, 0.717) is 17.6 Å². The lowest BCUT2D eigenvalue weighted by atomic mass is 9.82. The van der Waals surface area contributed by atoms with Crippen LogP contribution in [0, 0.1) is 11.3 Å². The van der Waals surface area contributed by atoms with Crippen LogP contribution < -0.4 is 4.72 Å². The molecule has 0 spiro atoms. The summed E-state index contributed by atoms with van der Waals surface area (Å²) in [6.45, 7) is 7.72. The SMILES string of the molecule is CC(CC(C)(C)C)C(NS(=O)(=O)c1ccc2c(c1)oc1ccc(-c3cccnc3)cc12)C(=O)O. The third-order valence-corrected chi connectivity index (χ3v) is 7.24. The van der Waals surface area contributed by atoms with Crippen molar-refractivity contribution in [1.82, 2.24) is 9.71 Å². The maximum atomic E-state index is 13.1. The number of benzene rings is 2. The van der Waals surface area contributed by atoms with Crippen molar-refractivity contribution in [2.24, 2.45) is 11.3 Å². The molecule has 34 heavy (non-hydrogen) atoms. The molecule has 2 aromatic heterocycles. The van der Waals surface area contributed by atoms with Crippen molar-refractivity contribution >= 4 is 37.9 Å². The van der Waals surface area contributed by atoms with Crippen LogP contribution in [-0.4, -0.2) is 30.5 Å². The molecule has 2 aromatic carbocycles. The van der Waals surface area contributed by atoms with Crippen LogP contribution in [-0.2, 0) is 14.8 Å². The molecular weight excluding hydrogens is 452 g/mol. The summed E-state index contributed by atoms with van der Waals surface area (Å²) in [7, 11) is -4.08. The molecule has 0 amide bonds. The fourth-order valence-corrected chi connectivity index (χ4v) is 5.68. The summed E-state index contributed by atoms with van der Waals surface area (Å²) in [6, 6.07) is 13.0. The maximum absolute atomic E-state index is 13.1. The Morgan fingerprint density at radius 1 is 1.06 bits per heavy atom. The van der Waals surface area contributed by atoms with Crippen LogP contribution in [0.2, 0.25) is 0 Å². The van der Waals surface area contributed by atoms with E-state index >= 15 is 0 Å². The highest BCUT2D eigenvalue weighted by molar-refractivity contribution is 7.89. The molecule has 0 fully saturated rings. The molecule has 4 rings (SSSR count). The van der Waals surface area contributed by atoms with Gasteiger partial charge in [-0.3, -0.25) is 9.78 Å². The van der Waals surface area contributed by atoms with Gasteiger partial charge < -0.3 is 9.52 Å². The second-order valence-electron chi connectivity index (χ2n) is 9.89. The Morgan fingerprint density at radius 3 is 2.47 bits per heavy atom. The number of hydrogen-bond acceptors (Lipinski definition) is 5. The second kappa shape index (κ2) is 8.85. The summed E-state index contributed by atoms with van der Waals surface area (Å²) >= 11 is 0. The van der Waals surface area contributed by atoms with Gasteiger partial charge in [0.15, 0.2) is 0 Å². The standard InChI is InChI=1S/C26H28N2O5S/c1-16(14-26(2,3)4)24(25(29)30)28-34(31,32)19-8-9-20-21-12-17(18-6-5-11-27-15-18)7-10-22(21)33-23(20)13-19/h5-13,15-16,24,28H,14H2,1-4H3,(H,29,30). The molecule has 2 atom stereocenters. The fourth-order valence-electron chi connectivity index (χ4n) is 4.37. The van der Waals surface area contributed by atoms with Crippen molar-refractivity contribution in [3.63, 3.8) is 0 Å². The summed E-state index contributed by atoms with van der Waals surface area (Å²) in [5, 5.41) is 11.3. The monoisotopic (exact) mass is 480 g/mol. The highest BCUT2D eigenvalue weighted by Gasteiger charge is 2.32. The van der Waals surface area contributed by atoms with Gasteiger partial charge in [-0.25, -0.2) is 8.42 Å². The Kier molecular flexibility index (Phi) is 6.22. The van der Waals surface area contributed by atoms with Gasteiger partial charge in [0.25, 0.3) is 0 Å². The van der Waals surface area contributed by atoms with Crippen LogP contribution in [0.5, 0.6) is 0 Å². The summed E-state index contributed by atoms with van der Waals surface area (Å²) < 4.78 is 34.5. The van der Waals surface area contributed by atoms with Crippen LogP contribution in [0.3, 0.4) is 0 Å². The third kappa shape index (κ3) is 4.98. The molecule has 178 valence electrons. The van der Waals surface area contributed by atoms with Gasteiger partial charge in [0.2, 0.25) is 10.0 Å². The van der Waals surface area contributed by atoms with Crippen molar-refractivity contribution < 1.29 is 22.7 Å². The maximum Gasteiger partial charge on any atom is 0.322 e. The minimum Gasteiger partial charge on any atom is -0.480 e. The van der Waals surface area contributed by atoms with Gasteiger partial charge in [-0.05, 0) is 53.6 Å². The normalized spacial score (nSPS) is 14.4. The minimum atomic E-state index is -4.08. The predicted octanol–water partition coefficient (Wildman–Crippen LogP) is 5.45. The first-order valence-corrected chi connectivity index (χ1v) is 12.5. The zero-order chi connectivity index (χ0) is 24.7. The van der Waals surface area contributed by atoms with Crippen LogP contribution in [0.4, 0.5) is 0 Å².